The molecule has 2 amide bonds. The van der Waals surface area contributed by atoms with Crippen molar-refractivity contribution in [2.45, 2.75) is 44.1 Å². The molecule has 0 bridgehead atoms. The molecule has 5 N–H and O–H groups in total. The zero-order valence-corrected chi connectivity index (χ0v) is 26.6. The number of benzene rings is 3. The molecule has 46 heavy (non-hydrogen) atoms. The average Bonchev–Trinajstić information content (AvgIpc) is 3.04. The number of carbonyl (C=O) groups is 2. The molecule has 4 aromatic rings. The van der Waals surface area contributed by atoms with Gasteiger partial charge in [0.2, 0.25) is 15.9 Å². The zero-order chi connectivity index (χ0) is 33.1. The Morgan fingerprint density at radius 2 is 1.72 bits per heavy atom. The van der Waals surface area contributed by atoms with Gasteiger partial charge in [-0.25, -0.2) is 18.4 Å². The van der Waals surface area contributed by atoms with E-state index in [9.17, 15) is 18.0 Å². The Morgan fingerprint density at radius 3 is 2.41 bits per heavy atom. The van der Waals surface area contributed by atoms with E-state index in [1.165, 1.54) is 6.07 Å². The van der Waals surface area contributed by atoms with Crippen molar-refractivity contribution in [1.82, 2.24) is 10.3 Å². The number of sulfonamides is 1. The largest absolute Gasteiger partial charge is 0.440 e. The minimum atomic E-state index is -3.91. The number of anilines is 2. The maximum absolute atomic E-state index is 13.2. The second kappa shape index (κ2) is 15.8. The van der Waals surface area contributed by atoms with Gasteiger partial charge >= 0.3 is 6.09 Å². The molecular formula is C34H38N6O5S. The van der Waals surface area contributed by atoms with E-state index in [1.54, 1.807) is 92.0 Å². The van der Waals surface area contributed by atoms with Crippen LogP contribution in [0.1, 0.15) is 50.5 Å². The summed E-state index contributed by atoms with van der Waals surface area (Å²) in [6, 6.07) is 25.7. The fraction of sp³-hybridized carbons (Fsp3) is 0.235. The summed E-state index contributed by atoms with van der Waals surface area (Å²) in [5, 5.41) is 19.2. The number of nitrogens with one attached hydrogen (secondary N) is 3. The molecular weight excluding hydrogens is 604 g/mol. The van der Waals surface area contributed by atoms with Crippen LogP contribution in [0.25, 0.3) is 11.1 Å². The molecule has 11 nitrogen and oxygen atoms in total. The van der Waals surface area contributed by atoms with Gasteiger partial charge in [-0.1, -0.05) is 68.3 Å². The fourth-order valence-corrected chi connectivity index (χ4v) is 5.57. The maximum Gasteiger partial charge on any atom is 0.413 e. The molecule has 240 valence electrons. The van der Waals surface area contributed by atoms with Crippen LogP contribution in [0.4, 0.5) is 16.2 Å². The molecule has 1 aromatic heterocycles. The number of pyridine rings is 1. The number of amides is 2. The van der Waals surface area contributed by atoms with Crippen molar-refractivity contribution >= 4 is 39.2 Å². The van der Waals surface area contributed by atoms with Crippen LogP contribution in [0.5, 0.6) is 0 Å². The van der Waals surface area contributed by atoms with E-state index in [0.717, 1.165) is 24.9 Å². The highest BCUT2D eigenvalue weighted by molar-refractivity contribution is 7.89. The number of unbranched alkanes of at least 4 members (excludes halogenated alkanes) is 2. The van der Waals surface area contributed by atoms with Crippen LogP contribution < -0.4 is 20.7 Å². The number of alkyl carbamates (subject to hydrolysis) is 1. The lowest BCUT2D eigenvalue weighted by Crippen LogP contribution is -2.35. The minimum Gasteiger partial charge on any atom is -0.440 e. The molecule has 0 aliphatic carbocycles. The second-order valence-electron chi connectivity index (χ2n) is 10.6. The highest BCUT2D eigenvalue weighted by Gasteiger charge is 2.18. The normalized spacial score (nSPS) is 11.7. The van der Waals surface area contributed by atoms with Crippen molar-refractivity contribution in [3.63, 3.8) is 0 Å². The van der Waals surface area contributed by atoms with Crippen LogP contribution in [-0.2, 0) is 19.6 Å². The number of carbonyl (C=O) groups excluding carboxylic acids is 2. The monoisotopic (exact) mass is 642 g/mol. The molecule has 0 saturated heterocycles. The first-order valence-electron chi connectivity index (χ1n) is 14.9. The summed E-state index contributed by atoms with van der Waals surface area (Å²) >= 11 is 0. The van der Waals surface area contributed by atoms with Crippen molar-refractivity contribution < 1.29 is 22.7 Å². The van der Waals surface area contributed by atoms with Gasteiger partial charge in [-0.15, -0.1) is 0 Å². The molecule has 0 radical (unpaired) electrons. The highest BCUT2D eigenvalue weighted by Crippen LogP contribution is 2.28. The topological polar surface area (TPSA) is 168 Å². The van der Waals surface area contributed by atoms with E-state index in [2.05, 4.69) is 22.5 Å². The van der Waals surface area contributed by atoms with Gasteiger partial charge in [0.25, 0.3) is 0 Å². The predicted molar refractivity (Wildman–Crippen MR) is 179 cm³/mol. The quantitative estimate of drug-likeness (QED) is 0.0807. The average molecular weight is 643 g/mol. The molecule has 0 spiro atoms. The van der Waals surface area contributed by atoms with Crippen LogP contribution >= 0.6 is 0 Å². The second-order valence-corrected chi connectivity index (χ2v) is 12.2. The summed E-state index contributed by atoms with van der Waals surface area (Å²) in [4.78, 5) is 31.8. The standard InChI is InChI=1S/C34H38N6O5S/c1-3-4-9-21-40(23-32(41)38-27-18-16-25(17-19-27)29-13-5-6-15-31(29)46(36,43)44)28-12-10-11-26(22-28)33(35)39-34(42)45-24(2)30-14-7-8-20-37-30/h5-8,10-20,22,24H,3-4,9,21,23H2,1-2H3,(H,38,41)(H2,35,39,42)(H2,36,43,44). The molecule has 3 aromatic carbocycles. The molecule has 1 atom stereocenters. The number of nitrogens with zero attached hydrogens (tertiary/aromatic N) is 2. The van der Waals surface area contributed by atoms with E-state index < -0.39 is 22.2 Å². The molecule has 0 aliphatic heterocycles. The third-order valence-corrected chi connectivity index (χ3v) is 8.12. The van der Waals surface area contributed by atoms with Crippen molar-refractivity contribution in [2.24, 2.45) is 5.14 Å². The summed E-state index contributed by atoms with van der Waals surface area (Å²) in [5.74, 6) is -0.387. The number of primary sulfonamides is 1. The van der Waals surface area contributed by atoms with E-state index in [1.807, 2.05) is 11.0 Å². The predicted octanol–water partition coefficient (Wildman–Crippen LogP) is 5.84. The van der Waals surface area contributed by atoms with Crippen molar-refractivity contribution in [1.29, 1.82) is 5.41 Å². The molecule has 1 unspecified atom stereocenters. The van der Waals surface area contributed by atoms with Crippen LogP contribution in [-0.4, -0.2) is 44.3 Å². The number of nitrogens with two attached hydrogens (primary N) is 1. The molecule has 0 aliphatic rings. The molecule has 0 saturated carbocycles. The van der Waals surface area contributed by atoms with Gasteiger partial charge in [0.15, 0.2) is 0 Å². The Labute approximate surface area is 269 Å². The van der Waals surface area contributed by atoms with E-state index >= 15 is 0 Å². The maximum atomic E-state index is 13.2. The van der Waals surface area contributed by atoms with Gasteiger partial charge in [-0.05, 0) is 61.4 Å². The lowest BCUT2D eigenvalue weighted by atomic mass is 10.1. The summed E-state index contributed by atoms with van der Waals surface area (Å²) in [7, 11) is -3.91. The molecule has 0 fully saturated rings. The van der Waals surface area contributed by atoms with Gasteiger partial charge in [-0.2, -0.15) is 0 Å². The third kappa shape index (κ3) is 9.46. The van der Waals surface area contributed by atoms with Crippen LogP contribution in [0.3, 0.4) is 0 Å². The minimum absolute atomic E-state index is 0.0240. The van der Waals surface area contributed by atoms with Gasteiger partial charge in [0, 0.05) is 35.2 Å². The SMILES string of the molecule is CCCCCN(CC(=O)Nc1ccc(-c2ccccc2S(N)(=O)=O)cc1)c1cccc(C(=N)NC(=O)OC(C)c2ccccn2)c1. The van der Waals surface area contributed by atoms with Crippen molar-refractivity contribution in [3.05, 3.63) is 108 Å². The zero-order valence-electron chi connectivity index (χ0n) is 25.8. The third-order valence-electron chi connectivity index (χ3n) is 7.15. The Balaban J connectivity index is 1.42. The fourth-order valence-electron chi connectivity index (χ4n) is 4.81. The lowest BCUT2D eigenvalue weighted by molar-refractivity contribution is -0.115. The lowest BCUT2D eigenvalue weighted by Gasteiger charge is -2.25. The summed E-state index contributed by atoms with van der Waals surface area (Å²) < 4.78 is 29.4. The Morgan fingerprint density at radius 1 is 0.978 bits per heavy atom. The van der Waals surface area contributed by atoms with Gasteiger partial charge in [0.1, 0.15) is 11.9 Å². The smallest absolute Gasteiger partial charge is 0.413 e. The van der Waals surface area contributed by atoms with Gasteiger partial charge in [0.05, 0.1) is 17.1 Å². The van der Waals surface area contributed by atoms with Crippen molar-refractivity contribution in [3.8, 4) is 11.1 Å². The number of rotatable bonds is 13. The number of amidine groups is 1. The summed E-state index contributed by atoms with van der Waals surface area (Å²) in [5.41, 5.74) is 3.44. The Kier molecular flexibility index (Phi) is 11.6. The Hall–Kier alpha value is -5.07. The molecule has 1 heterocycles. The van der Waals surface area contributed by atoms with E-state index in [4.69, 9.17) is 15.3 Å². The van der Waals surface area contributed by atoms with Crippen LogP contribution in [0.2, 0.25) is 0 Å². The highest BCUT2D eigenvalue weighted by atomic mass is 32.2. The first-order valence-corrected chi connectivity index (χ1v) is 16.4. The van der Waals surface area contributed by atoms with Crippen LogP contribution in [0.15, 0.2) is 102 Å². The van der Waals surface area contributed by atoms with Crippen molar-refractivity contribution in [2.75, 3.05) is 23.3 Å². The van der Waals surface area contributed by atoms with E-state index in [0.29, 0.717) is 34.6 Å². The molecule has 12 heteroatoms. The summed E-state index contributed by atoms with van der Waals surface area (Å²) in [6.07, 6.45) is 3.10. The first-order chi connectivity index (χ1) is 22.0. The van der Waals surface area contributed by atoms with Crippen LogP contribution in [0, 0.1) is 5.41 Å². The number of ether oxygens (including phenoxy) is 1. The van der Waals surface area contributed by atoms with E-state index in [-0.39, 0.29) is 23.2 Å². The van der Waals surface area contributed by atoms with Gasteiger partial charge < -0.3 is 15.0 Å². The summed E-state index contributed by atoms with van der Waals surface area (Å²) in [6.45, 7) is 4.46. The number of hydrogen-bond donors (Lipinski definition) is 4. The Bertz CT molecular complexity index is 1760. The number of aromatic nitrogens is 1. The van der Waals surface area contributed by atoms with Gasteiger partial charge in [-0.3, -0.25) is 20.5 Å². The number of hydrogen-bond acceptors (Lipinski definition) is 8. The first kappa shape index (κ1) is 33.8. The molecule has 4 rings (SSSR count).